The monoisotopic (exact) mass is 935 g/mol. The largest absolute Gasteiger partial charge is 0.444 e. The number of ether oxygens (including phenoxy) is 3. The van der Waals surface area contributed by atoms with Crippen LogP contribution in [0.1, 0.15) is 55.9 Å². The lowest BCUT2D eigenvalue weighted by molar-refractivity contribution is -0.132. The van der Waals surface area contributed by atoms with E-state index >= 15 is 0 Å². The minimum absolute atomic E-state index is 0.0296. The zero-order chi connectivity index (χ0) is 49.2. The van der Waals surface area contributed by atoms with E-state index in [9.17, 15) is 28.8 Å². The quantitative estimate of drug-likeness (QED) is 0.0223. The Balaban J connectivity index is 1.22. The second-order valence-electron chi connectivity index (χ2n) is 17.2. The van der Waals surface area contributed by atoms with Gasteiger partial charge >= 0.3 is 18.3 Å². The lowest BCUT2D eigenvalue weighted by atomic mass is 10.00. The molecule has 0 heterocycles. The molecule has 6 rings (SSSR count). The Morgan fingerprint density at radius 2 is 0.971 bits per heavy atom. The number of nitrogens with two attached hydrogens (primary N) is 1. The maximum atomic E-state index is 14.4. The van der Waals surface area contributed by atoms with E-state index in [2.05, 4.69) is 31.6 Å². The molecule has 0 unspecified atom stereocenters. The van der Waals surface area contributed by atoms with E-state index in [0.29, 0.717) is 0 Å². The summed E-state index contributed by atoms with van der Waals surface area (Å²) in [5.41, 5.74) is 7.89. The molecule has 6 amide bonds. The first kappa shape index (κ1) is 50.1. The third kappa shape index (κ3) is 16.5. The summed E-state index contributed by atoms with van der Waals surface area (Å²) in [5, 5.41) is 16.9. The molecular formula is C53H57N7O9. The topological polar surface area (TPSA) is 229 Å². The molecule has 69 heavy (non-hydrogen) atoms. The van der Waals surface area contributed by atoms with Crippen molar-refractivity contribution >= 4 is 63.5 Å². The number of amides is 6. The summed E-state index contributed by atoms with van der Waals surface area (Å²) in [6, 6.07) is 41.0. The average molecular weight is 936 g/mol. The fraction of sp³-hybridized carbons (Fsp3) is 0.264. The number of nitrogens with zero attached hydrogens (tertiary/aromatic N) is 1. The van der Waals surface area contributed by atoms with Crippen molar-refractivity contribution in [3.8, 4) is 0 Å². The van der Waals surface area contributed by atoms with Gasteiger partial charge in [0.1, 0.15) is 36.9 Å². The number of benzene rings is 6. The molecule has 3 atom stereocenters. The number of fused-ring (bicyclic) bond motifs is 2. The van der Waals surface area contributed by atoms with Crippen LogP contribution >= 0.6 is 0 Å². The van der Waals surface area contributed by atoms with E-state index in [-0.39, 0.29) is 51.4 Å². The molecule has 358 valence electrons. The van der Waals surface area contributed by atoms with Crippen molar-refractivity contribution in [1.82, 2.24) is 26.6 Å². The van der Waals surface area contributed by atoms with Gasteiger partial charge in [-0.3, -0.25) is 30.0 Å². The van der Waals surface area contributed by atoms with Crippen LogP contribution < -0.4 is 32.3 Å². The van der Waals surface area contributed by atoms with E-state index in [1.54, 1.807) is 69.3 Å². The summed E-state index contributed by atoms with van der Waals surface area (Å²) in [6.45, 7) is 4.86. The van der Waals surface area contributed by atoms with Crippen LogP contribution in [0, 0.1) is 0 Å². The summed E-state index contributed by atoms with van der Waals surface area (Å²) < 4.78 is 16.2. The molecule has 0 aliphatic rings. The van der Waals surface area contributed by atoms with E-state index in [1.807, 2.05) is 97.1 Å². The standard InChI is InChI=1S/C53H57N7O9/c1-53(2,3)69-52(66)58-45(32-38-25-27-40-20-11-13-22-42(40)30-38)48(63)56-43(47(62)57-44(46(54)61)31-37-24-26-39-19-10-12-21-41(39)29-37)23-14-28-55-49(59-50(64)67-33-35-15-6-4-7-16-35)60-51(65)68-34-36-17-8-5-9-18-36/h4-13,15-22,24-27,29-30,43-45H,14,23,28,31-34H2,1-3H3,(H2,54,61)(H,56,63)(H,57,62)(H,58,66)(H2,55,59,60,64,65)/t43-,44-,45+/m0/s1. The highest BCUT2D eigenvalue weighted by Crippen LogP contribution is 2.19. The molecule has 16 nitrogen and oxygen atoms in total. The summed E-state index contributed by atoms with van der Waals surface area (Å²) in [7, 11) is 0. The Morgan fingerprint density at radius 3 is 1.46 bits per heavy atom. The van der Waals surface area contributed by atoms with Gasteiger partial charge in [-0.15, -0.1) is 0 Å². The molecule has 6 aromatic rings. The molecule has 0 saturated heterocycles. The van der Waals surface area contributed by atoms with Gasteiger partial charge in [0, 0.05) is 19.4 Å². The minimum Gasteiger partial charge on any atom is -0.444 e. The summed E-state index contributed by atoms with van der Waals surface area (Å²) in [4.78, 5) is 85.0. The molecule has 6 aromatic carbocycles. The number of hydrogen-bond donors (Lipinski definition) is 6. The van der Waals surface area contributed by atoms with Gasteiger partial charge in [-0.2, -0.15) is 0 Å². The summed E-state index contributed by atoms with van der Waals surface area (Å²) in [5.74, 6) is -2.54. The van der Waals surface area contributed by atoms with E-state index in [0.717, 1.165) is 43.8 Å². The van der Waals surface area contributed by atoms with Crippen molar-refractivity contribution in [2.45, 2.75) is 83.4 Å². The normalized spacial score (nSPS) is 12.3. The summed E-state index contributed by atoms with van der Waals surface area (Å²) in [6.07, 6.45) is -2.56. The van der Waals surface area contributed by atoms with Crippen molar-refractivity contribution < 1.29 is 43.0 Å². The highest BCUT2D eigenvalue weighted by atomic mass is 16.6. The van der Waals surface area contributed by atoms with Crippen LogP contribution in [0.3, 0.4) is 0 Å². The Kier molecular flexibility index (Phi) is 17.8. The van der Waals surface area contributed by atoms with Crippen LogP contribution in [0.2, 0.25) is 0 Å². The Bertz CT molecular complexity index is 2700. The van der Waals surface area contributed by atoms with Crippen molar-refractivity contribution in [3.05, 3.63) is 168 Å². The molecule has 16 heteroatoms. The van der Waals surface area contributed by atoms with E-state index in [1.165, 1.54) is 0 Å². The van der Waals surface area contributed by atoms with Gasteiger partial charge in [-0.05, 0) is 77.4 Å². The number of nitrogens with one attached hydrogen (secondary N) is 5. The van der Waals surface area contributed by atoms with Crippen molar-refractivity contribution in [3.63, 3.8) is 0 Å². The van der Waals surface area contributed by atoms with Crippen molar-refractivity contribution in [1.29, 1.82) is 0 Å². The van der Waals surface area contributed by atoms with Crippen molar-refractivity contribution in [2.24, 2.45) is 10.7 Å². The van der Waals surface area contributed by atoms with Crippen LogP contribution in [-0.4, -0.2) is 72.2 Å². The van der Waals surface area contributed by atoms with Gasteiger partial charge in [0.15, 0.2) is 0 Å². The number of primary amides is 1. The molecule has 0 aromatic heterocycles. The number of carbonyl (C=O) groups is 6. The molecule has 0 bridgehead atoms. The molecule has 7 N–H and O–H groups in total. The Labute approximate surface area is 400 Å². The predicted octanol–water partition coefficient (Wildman–Crippen LogP) is 7.12. The van der Waals surface area contributed by atoms with Crippen LogP contribution in [0.15, 0.2) is 151 Å². The Morgan fingerprint density at radius 1 is 0.522 bits per heavy atom. The molecule has 0 aliphatic heterocycles. The molecule has 0 fully saturated rings. The van der Waals surface area contributed by atoms with Crippen LogP contribution in [0.5, 0.6) is 0 Å². The number of rotatable bonds is 18. The maximum absolute atomic E-state index is 14.4. The van der Waals surface area contributed by atoms with E-state index < -0.39 is 59.7 Å². The average Bonchev–Trinajstić information content (AvgIpc) is 3.33. The SMILES string of the molecule is CC(C)(C)OC(=O)N[C@H](Cc1ccc2ccccc2c1)C(=O)N[C@@H](CCCN=C(NC(=O)OCc1ccccc1)NC(=O)OCc1ccccc1)C(=O)N[C@@H](Cc1ccc2ccccc2c1)C(N)=O. The van der Waals surface area contributed by atoms with Gasteiger partial charge in [-0.25, -0.2) is 14.4 Å². The van der Waals surface area contributed by atoms with Crippen LogP contribution in [-0.2, 0) is 54.6 Å². The minimum atomic E-state index is -1.30. The van der Waals surface area contributed by atoms with Crippen LogP contribution in [0.25, 0.3) is 21.5 Å². The Hall–Kier alpha value is -8.27. The fourth-order valence-electron chi connectivity index (χ4n) is 7.21. The number of alkyl carbamates (subject to hydrolysis) is 3. The highest BCUT2D eigenvalue weighted by molar-refractivity contribution is 6.01. The third-order valence-electron chi connectivity index (χ3n) is 10.6. The third-order valence-corrected chi connectivity index (χ3v) is 10.6. The van der Waals surface area contributed by atoms with Gasteiger partial charge in [0.25, 0.3) is 0 Å². The number of aliphatic imine (C=N–C) groups is 1. The molecule has 0 radical (unpaired) electrons. The maximum Gasteiger partial charge on any atom is 0.414 e. The molecule has 0 saturated carbocycles. The summed E-state index contributed by atoms with van der Waals surface area (Å²) >= 11 is 0. The first-order chi connectivity index (χ1) is 33.2. The smallest absolute Gasteiger partial charge is 0.414 e. The molecule has 0 aliphatic carbocycles. The lowest BCUT2D eigenvalue weighted by Gasteiger charge is -2.26. The zero-order valence-electron chi connectivity index (χ0n) is 38.7. The van der Waals surface area contributed by atoms with Crippen LogP contribution in [0.4, 0.5) is 14.4 Å². The molecule has 0 spiro atoms. The second-order valence-corrected chi connectivity index (χ2v) is 17.2. The second kappa shape index (κ2) is 24.5. The number of carbonyl (C=O) groups excluding carboxylic acids is 6. The number of guanidine groups is 1. The first-order valence-corrected chi connectivity index (χ1v) is 22.5. The molecular weight excluding hydrogens is 879 g/mol. The zero-order valence-corrected chi connectivity index (χ0v) is 38.7. The lowest BCUT2D eigenvalue weighted by Crippen LogP contribution is -2.57. The predicted molar refractivity (Wildman–Crippen MR) is 263 cm³/mol. The van der Waals surface area contributed by atoms with Gasteiger partial charge < -0.3 is 35.9 Å². The van der Waals surface area contributed by atoms with E-state index in [4.69, 9.17) is 19.9 Å². The first-order valence-electron chi connectivity index (χ1n) is 22.5. The highest BCUT2D eigenvalue weighted by Gasteiger charge is 2.31. The fourth-order valence-corrected chi connectivity index (χ4v) is 7.21. The number of hydrogen-bond acceptors (Lipinski definition) is 10. The van der Waals surface area contributed by atoms with Gasteiger partial charge in [0.05, 0.1) is 0 Å². The van der Waals surface area contributed by atoms with Gasteiger partial charge in [0.2, 0.25) is 23.7 Å². The van der Waals surface area contributed by atoms with Crippen molar-refractivity contribution in [2.75, 3.05) is 6.54 Å². The van der Waals surface area contributed by atoms with Gasteiger partial charge in [-0.1, -0.05) is 146 Å².